The maximum absolute atomic E-state index is 12.5. The van der Waals surface area contributed by atoms with Gasteiger partial charge < -0.3 is 20.1 Å². The van der Waals surface area contributed by atoms with Gasteiger partial charge in [0.2, 0.25) is 5.91 Å². The lowest BCUT2D eigenvalue weighted by molar-refractivity contribution is -0.149. The SMILES string of the molecule is NC1CCCC1C(=O)N1CCOC(C2CCCO2)C1. The number of ether oxygens (including phenoxy) is 2. The van der Waals surface area contributed by atoms with E-state index in [0.717, 1.165) is 38.7 Å². The number of carbonyl (C=O) groups is 1. The van der Waals surface area contributed by atoms with Crippen LogP contribution in [0.3, 0.4) is 0 Å². The minimum Gasteiger partial charge on any atom is -0.375 e. The van der Waals surface area contributed by atoms with Crippen LogP contribution in [0.15, 0.2) is 0 Å². The van der Waals surface area contributed by atoms with Crippen molar-refractivity contribution in [3.63, 3.8) is 0 Å². The second-order valence-corrected chi connectivity index (χ2v) is 5.95. The van der Waals surface area contributed by atoms with Crippen LogP contribution in [0.4, 0.5) is 0 Å². The van der Waals surface area contributed by atoms with E-state index < -0.39 is 0 Å². The second-order valence-electron chi connectivity index (χ2n) is 5.95. The Morgan fingerprint density at radius 1 is 1.05 bits per heavy atom. The summed E-state index contributed by atoms with van der Waals surface area (Å²) < 4.78 is 11.5. The molecule has 3 aliphatic rings. The fourth-order valence-corrected chi connectivity index (χ4v) is 3.53. The number of hydrogen-bond donors (Lipinski definition) is 1. The van der Waals surface area contributed by atoms with E-state index in [1.54, 1.807) is 0 Å². The molecule has 108 valence electrons. The predicted octanol–water partition coefficient (Wildman–Crippen LogP) is 0.520. The first-order valence-electron chi connectivity index (χ1n) is 7.53. The van der Waals surface area contributed by atoms with E-state index in [9.17, 15) is 4.79 Å². The summed E-state index contributed by atoms with van der Waals surface area (Å²) in [6.07, 6.45) is 5.39. The number of rotatable bonds is 2. The zero-order valence-corrected chi connectivity index (χ0v) is 11.4. The van der Waals surface area contributed by atoms with Crippen molar-refractivity contribution in [2.45, 2.75) is 50.4 Å². The molecule has 0 aromatic heterocycles. The Bertz CT molecular complexity index is 331. The third kappa shape index (κ3) is 2.78. The molecule has 5 heteroatoms. The van der Waals surface area contributed by atoms with Crippen LogP contribution in [0.25, 0.3) is 0 Å². The van der Waals surface area contributed by atoms with E-state index in [0.29, 0.717) is 19.7 Å². The van der Waals surface area contributed by atoms with E-state index in [1.165, 1.54) is 0 Å². The van der Waals surface area contributed by atoms with Gasteiger partial charge >= 0.3 is 0 Å². The van der Waals surface area contributed by atoms with Gasteiger partial charge in [0.25, 0.3) is 0 Å². The fourth-order valence-electron chi connectivity index (χ4n) is 3.53. The molecule has 3 fully saturated rings. The van der Waals surface area contributed by atoms with Crippen LogP contribution in [-0.4, -0.2) is 55.4 Å². The molecule has 0 radical (unpaired) electrons. The van der Waals surface area contributed by atoms with Crippen molar-refractivity contribution in [1.29, 1.82) is 0 Å². The van der Waals surface area contributed by atoms with Crippen molar-refractivity contribution >= 4 is 5.91 Å². The minimum absolute atomic E-state index is 0.0308. The molecule has 1 saturated carbocycles. The molecule has 1 aliphatic carbocycles. The Morgan fingerprint density at radius 3 is 2.58 bits per heavy atom. The topological polar surface area (TPSA) is 64.8 Å². The third-order valence-corrected chi connectivity index (χ3v) is 4.67. The average molecular weight is 268 g/mol. The van der Waals surface area contributed by atoms with Gasteiger partial charge in [-0.05, 0) is 25.7 Å². The van der Waals surface area contributed by atoms with Crippen molar-refractivity contribution in [2.24, 2.45) is 11.7 Å². The number of amides is 1. The number of nitrogens with zero attached hydrogens (tertiary/aromatic N) is 1. The largest absolute Gasteiger partial charge is 0.375 e. The van der Waals surface area contributed by atoms with Crippen molar-refractivity contribution in [1.82, 2.24) is 4.90 Å². The quantitative estimate of drug-likeness (QED) is 0.793. The summed E-state index contributed by atoms with van der Waals surface area (Å²) in [7, 11) is 0. The van der Waals surface area contributed by atoms with Crippen molar-refractivity contribution in [2.75, 3.05) is 26.3 Å². The molecule has 19 heavy (non-hydrogen) atoms. The highest BCUT2D eigenvalue weighted by molar-refractivity contribution is 5.80. The monoisotopic (exact) mass is 268 g/mol. The van der Waals surface area contributed by atoms with Gasteiger partial charge in [0.05, 0.1) is 18.6 Å². The first-order valence-corrected chi connectivity index (χ1v) is 7.53. The summed E-state index contributed by atoms with van der Waals surface area (Å²) in [6.45, 7) is 2.82. The Labute approximate surface area is 114 Å². The van der Waals surface area contributed by atoms with Gasteiger partial charge in [-0.3, -0.25) is 4.79 Å². The van der Waals surface area contributed by atoms with Gasteiger partial charge in [0, 0.05) is 25.7 Å². The molecule has 3 rings (SSSR count). The van der Waals surface area contributed by atoms with Crippen molar-refractivity contribution < 1.29 is 14.3 Å². The molecular formula is C14H24N2O3. The standard InChI is InChI=1S/C14H24N2O3/c15-11-4-1-3-10(11)14(17)16-6-8-19-13(9-16)12-5-2-7-18-12/h10-13H,1-9,15H2. The summed E-state index contributed by atoms with van der Waals surface area (Å²) in [5.74, 6) is 0.263. The van der Waals surface area contributed by atoms with Crippen LogP contribution in [0, 0.1) is 5.92 Å². The van der Waals surface area contributed by atoms with Crippen LogP contribution < -0.4 is 5.73 Å². The molecule has 4 atom stereocenters. The Hall–Kier alpha value is -0.650. The molecule has 0 aromatic carbocycles. The normalized spacial score (nSPS) is 39.7. The van der Waals surface area contributed by atoms with Crippen LogP contribution in [0.1, 0.15) is 32.1 Å². The maximum atomic E-state index is 12.5. The average Bonchev–Trinajstić information content (AvgIpc) is 3.09. The van der Waals surface area contributed by atoms with Crippen LogP contribution in [0.5, 0.6) is 0 Å². The van der Waals surface area contributed by atoms with Crippen molar-refractivity contribution in [3.05, 3.63) is 0 Å². The molecule has 0 aromatic rings. The summed E-state index contributed by atoms with van der Waals surface area (Å²) in [4.78, 5) is 14.5. The van der Waals surface area contributed by atoms with E-state index >= 15 is 0 Å². The summed E-state index contributed by atoms with van der Waals surface area (Å²) in [6, 6.07) is 0.0523. The van der Waals surface area contributed by atoms with Crippen LogP contribution in [0.2, 0.25) is 0 Å². The lowest BCUT2D eigenvalue weighted by Crippen LogP contribution is -2.52. The lowest BCUT2D eigenvalue weighted by Gasteiger charge is -2.37. The number of carbonyl (C=O) groups excluding carboxylic acids is 1. The Kier molecular flexibility index (Phi) is 4.05. The fraction of sp³-hybridized carbons (Fsp3) is 0.929. The number of hydrogen-bond acceptors (Lipinski definition) is 4. The molecule has 0 spiro atoms. The van der Waals surface area contributed by atoms with E-state index in [2.05, 4.69) is 0 Å². The number of morpholine rings is 1. The Morgan fingerprint density at radius 2 is 1.89 bits per heavy atom. The van der Waals surface area contributed by atoms with Crippen molar-refractivity contribution in [3.8, 4) is 0 Å². The Balaban J connectivity index is 1.59. The summed E-state index contributed by atoms with van der Waals surface area (Å²) in [5.41, 5.74) is 6.04. The third-order valence-electron chi connectivity index (χ3n) is 4.67. The second kappa shape index (κ2) is 5.77. The zero-order chi connectivity index (χ0) is 13.2. The van der Waals surface area contributed by atoms with Gasteiger partial charge in [-0.15, -0.1) is 0 Å². The highest BCUT2D eigenvalue weighted by Gasteiger charge is 2.37. The maximum Gasteiger partial charge on any atom is 0.227 e. The van der Waals surface area contributed by atoms with E-state index in [4.69, 9.17) is 15.2 Å². The molecule has 2 heterocycles. The smallest absolute Gasteiger partial charge is 0.227 e. The molecule has 1 amide bonds. The molecule has 2 N–H and O–H groups in total. The van der Waals surface area contributed by atoms with E-state index in [-0.39, 0.29) is 30.1 Å². The first kappa shape index (κ1) is 13.3. The van der Waals surface area contributed by atoms with E-state index in [1.807, 2.05) is 4.90 Å². The highest BCUT2D eigenvalue weighted by atomic mass is 16.5. The minimum atomic E-state index is 0.0308. The molecule has 2 aliphatic heterocycles. The molecule has 0 bridgehead atoms. The highest BCUT2D eigenvalue weighted by Crippen LogP contribution is 2.28. The van der Waals surface area contributed by atoms with Gasteiger partial charge in [-0.25, -0.2) is 0 Å². The van der Waals surface area contributed by atoms with Gasteiger partial charge in [0.1, 0.15) is 6.10 Å². The van der Waals surface area contributed by atoms with Gasteiger partial charge in [0.15, 0.2) is 0 Å². The van der Waals surface area contributed by atoms with Gasteiger partial charge in [-0.2, -0.15) is 0 Å². The molecule has 4 unspecified atom stereocenters. The van der Waals surface area contributed by atoms with Crippen LogP contribution in [-0.2, 0) is 14.3 Å². The summed E-state index contributed by atoms with van der Waals surface area (Å²) in [5, 5.41) is 0. The first-order chi connectivity index (χ1) is 9.25. The molecule has 2 saturated heterocycles. The van der Waals surface area contributed by atoms with Crippen LogP contribution >= 0.6 is 0 Å². The lowest BCUT2D eigenvalue weighted by atomic mass is 10.0. The summed E-state index contributed by atoms with van der Waals surface area (Å²) >= 11 is 0. The van der Waals surface area contributed by atoms with Gasteiger partial charge in [-0.1, -0.05) is 6.42 Å². The number of nitrogens with two attached hydrogens (primary N) is 1. The molecule has 5 nitrogen and oxygen atoms in total. The zero-order valence-electron chi connectivity index (χ0n) is 11.4. The predicted molar refractivity (Wildman–Crippen MR) is 70.6 cm³/mol. The molecular weight excluding hydrogens is 244 g/mol.